The van der Waals surface area contributed by atoms with Gasteiger partial charge in [0.15, 0.2) is 0 Å². The lowest BCUT2D eigenvalue weighted by atomic mass is 10.2. The number of hydrogen-bond acceptors (Lipinski definition) is 5. The highest BCUT2D eigenvalue weighted by molar-refractivity contribution is 5.95. The molecule has 7 heteroatoms. The van der Waals surface area contributed by atoms with Crippen LogP contribution in [-0.2, 0) is 9.47 Å². The monoisotopic (exact) mass is 292 g/mol. The standard InChI is InChI=1S/C14H16N2O5/c1-14(2,3)21-13(19)16-10-6-5-8(11(17)20-4)7-9(10)15-12(16)18/h5-7H,1-4H3,(H,15,18). The Hall–Kier alpha value is -2.57. The number of rotatable bonds is 1. The van der Waals surface area contributed by atoms with Crippen LogP contribution in [0.15, 0.2) is 23.0 Å². The van der Waals surface area contributed by atoms with Crippen molar-refractivity contribution in [1.82, 2.24) is 9.55 Å². The fourth-order valence-corrected chi connectivity index (χ4v) is 1.85. The third-order valence-electron chi connectivity index (χ3n) is 2.68. The predicted molar refractivity (Wildman–Crippen MR) is 75.5 cm³/mol. The summed E-state index contributed by atoms with van der Waals surface area (Å²) in [5.74, 6) is -0.525. The molecule has 0 saturated carbocycles. The average Bonchev–Trinajstić information content (AvgIpc) is 2.70. The number of carbonyl (C=O) groups is 2. The first-order valence-corrected chi connectivity index (χ1v) is 6.29. The Labute approximate surface area is 120 Å². The van der Waals surface area contributed by atoms with E-state index < -0.39 is 23.4 Å². The molecule has 0 unspecified atom stereocenters. The average molecular weight is 292 g/mol. The Morgan fingerprint density at radius 2 is 1.90 bits per heavy atom. The molecule has 0 atom stereocenters. The second-order valence-electron chi connectivity index (χ2n) is 5.47. The maximum absolute atomic E-state index is 12.1. The topological polar surface area (TPSA) is 90.4 Å². The van der Waals surface area contributed by atoms with E-state index in [-0.39, 0.29) is 5.56 Å². The van der Waals surface area contributed by atoms with Crippen LogP contribution in [0.25, 0.3) is 11.0 Å². The van der Waals surface area contributed by atoms with E-state index in [0.29, 0.717) is 11.0 Å². The summed E-state index contributed by atoms with van der Waals surface area (Å²) in [5, 5.41) is 0. The number of aromatic nitrogens is 2. The van der Waals surface area contributed by atoms with Gasteiger partial charge in [0, 0.05) is 0 Å². The van der Waals surface area contributed by atoms with Gasteiger partial charge < -0.3 is 14.5 Å². The molecule has 7 nitrogen and oxygen atoms in total. The minimum absolute atomic E-state index is 0.280. The van der Waals surface area contributed by atoms with E-state index in [9.17, 15) is 14.4 Å². The predicted octanol–water partition coefficient (Wildman–Crippen LogP) is 1.90. The zero-order chi connectivity index (χ0) is 15.8. The van der Waals surface area contributed by atoms with Gasteiger partial charge in [-0.05, 0) is 39.0 Å². The van der Waals surface area contributed by atoms with E-state index in [2.05, 4.69) is 9.72 Å². The first kappa shape index (κ1) is 14.8. The minimum Gasteiger partial charge on any atom is -0.465 e. The van der Waals surface area contributed by atoms with E-state index in [1.807, 2.05) is 0 Å². The number of nitrogens with one attached hydrogen (secondary N) is 1. The highest BCUT2D eigenvalue weighted by Crippen LogP contribution is 2.16. The number of hydrogen-bond donors (Lipinski definition) is 1. The molecule has 1 aromatic carbocycles. The molecule has 1 aromatic heterocycles. The van der Waals surface area contributed by atoms with E-state index >= 15 is 0 Å². The molecule has 0 fully saturated rings. The molecule has 0 aliphatic carbocycles. The number of carbonyl (C=O) groups excluding carboxylic acids is 2. The molecule has 0 aliphatic heterocycles. The highest BCUT2D eigenvalue weighted by atomic mass is 16.6. The number of fused-ring (bicyclic) bond motifs is 1. The molecule has 2 aromatic rings. The lowest BCUT2D eigenvalue weighted by molar-refractivity contribution is 0.0537. The molecule has 0 radical (unpaired) electrons. The van der Waals surface area contributed by atoms with Gasteiger partial charge >= 0.3 is 17.8 Å². The number of aromatic amines is 1. The third kappa shape index (κ3) is 2.96. The Morgan fingerprint density at radius 1 is 1.24 bits per heavy atom. The maximum atomic E-state index is 12.1. The van der Waals surface area contributed by atoms with Crippen LogP contribution in [0.1, 0.15) is 31.1 Å². The summed E-state index contributed by atoms with van der Waals surface area (Å²) >= 11 is 0. The molecule has 2 rings (SSSR count). The van der Waals surface area contributed by atoms with Crippen molar-refractivity contribution in [3.05, 3.63) is 34.2 Å². The number of imidazole rings is 1. The van der Waals surface area contributed by atoms with Crippen LogP contribution >= 0.6 is 0 Å². The van der Waals surface area contributed by atoms with Crippen LogP contribution in [0.2, 0.25) is 0 Å². The van der Waals surface area contributed by atoms with Crippen molar-refractivity contribution in [1.29, 1.82) is 0 Å². The van der Waals surface area contributed by atoms with Gasteiger partial charge in [-0.3, -0.25) is 0 Å². The molecular weight excluding hydrogens is 276 g/mol. The third-order valence-corrected chi connectivity index (χ3v) is 2.68. The smallest absolute Gasteiger partial charge is 0.423 e. The van der Waals surface area contributed by atoms with Crippen LogP contribution < -0.4 is 5.69 Å². The molecule has 112 valence electrons. The highest BCUT2D eigenvalue weighted by Gasteiger charge is 2.22. The lowest BCUT2D eigenvalue weighted by Crippen LogP contribution is -2.32. The summed E-state index contributed by atoms with van der Waals surface area (Å²) in [5.41, 5.74) is -0.369. The zero-order valence-corrected chi connectivity index (χ0v) is 12.2. The van der Waals surface area contributed by atoms with Gasteiger partial charge in [0.05, 0.1) is 23.7 Å². The SMILES string of the molecule is COC(=O)c1ccc2c(c1)[nH]c(=O)n2C(=O)OC(C)(C)C. The zero-order valence-electron chi connectivity index (χ0n) is 12.2. The Kier molecular flexibility index (Phi) is 3.59. The summed E-state index contributed by atoms with van der Waals surface area (Å²) in [6.45, 7) is 5.13. The summed E-state index contributed by atoms with van der Waals surface area (Å²) < 4.78 is 10.7. The molecule has 0 spiro atoms. The Bertz CT molecular complexity index is 764. The van der Waals surface area contributed by atoms with E-state index in [1.54, 1.807) is 20.8 Å². The van der Waals surface area contributed by atoms with Crippen LogP contribution in [0.3, 0.4) is 0 Å². The van der Waals surface area contributed by atoms with Gasteiger partial charge in [-0.15, -0.1) is 0 Å². The van der Waals surface area contributed by atoms with E-state index in [4.69, 9.17) is 4.74 Å². The fraction of sp³-hybridized carbons (Fsp3) is 0.357. The van der Waals surface area contributed by atoms with Crippen molar-refractivity contribution >= 4 is 23.1 Å². The fourth-order valence-electron chi connectivity index (χ4n) is 1.85. The quantitative estimate of drug-likeness (QED) is 0.811. The second kappa shape index (κ2) is 5.08. The first-order chi connectivity index (χ1) is 9.73. The molecule has 0 amide bonds. The van der Waals surface area contributed by atoms with Crippen LogP contribution in [0.5, 0.6) is 0 Å². The molecule has 21 heavy (non-hydrogen) atoms. The van der Waals surface area contributed by atoms with Crippen LogP contribution in [0, 0.1) is 0 Å². The molecule has 0 aliphatic rings. The van der Waals surface area contributed by atoms with Crippen molar-refractivity contribution in [2.75, 3.05) is 7.11 Å². The minimum atomic E-state index is -0.774. The molecule has 1 N–H and O–H groups in total. The van der Waals surface area contributed by atoms with Gasteiger partial charge in [0.25, 0.3) is 0 Å². The first-order valence-electron chi connectivity index (χ1n) is 6.29. The van der Waals surface area contributed by atoms with Crippen LogP contribution in [-0.4, -0.2) is 34.3 Å². The number of methoxy groups -OCH3 is 1. The number of esters is 1. The van der Waals surface area contributed by atoms with Crippen molar-refractivity contribution in [3.63, 3.8) is 0 Å². The van der Waals surface area contributed by atoms with E-state index in [0.717, 1.165) is 4.57 Å². The van der Waals surface area contributed by atoms with Gasteiger partial charge in [0.2, 0.25) is 0 Å². The molecule has 0 saturated heterocycles. The number of ether oxygens (including phenoxy) is 2. The van der Waals surface area contributed by atoms with Crippen LogP contribution in [0.4, 0.5) is 4.79 Å². The summed E-state index contributed by atoms with van der Waals surface area (Å²) in [7, 11) is 1.27. The summed E-state index contributed by atoms with van der Waals surface area (Å²) in [6, 6.07) is 4.41. The van der Waals surface area contributed by atoms with Crippen molar-refractivity contribution < 1.29 is 19.1 Å². The van der Waals surface area contributed by atoms with Gasteiger partial charge in [-0.1, -0.05) is 0 Å². The molecular formula is C14H16N2O5. The Morgan fingerprint density at radius 3 is 2.48 bits per heavy atom. The molecule has 0 bridgehead atoms. The lowest BCUT2D eigenvalue weighted by Gasteiger charge is -2.19. The van der Waals surface area contributed by atoms with E-state index in [1.165, 1.54) is 25.3 Å². The number of H-pyrrole nitrogens is 1. The normalized spacial score (nSPS) is 11.4. The van der Waals surface area contributed by atoms with Crippen molar-refractivity contribution in [2.24, 2.45) is 0 Å². The van der Waals surface area contributed by atoms with Crippen molar-refractivity contribution in [2.45, 2.75) is 26.4 Å². The second-order valence-corrected chi connectivity index (χ2v) is 5.47. The summed E-state index contributed by atoms with van der Waals surface area (Å²) in [6.07, 6.45) is -0.774. The largest absolute Gasteiger partial charge is 0.465 e. The van der Waals surface area contributed by atoms with Gasteiger partial charge in [-0.25, -0.2) is 14.4 Å². The Balaban J connectivity index is 2.52. The van der Waals surface area contributed by atoms with Gasteiger partial charge in [0.1, 0.15) is 5.60 Å². The van der Waals surface area contributed by atoms with Crippen molar-refractivity contribution in [3.8, 4) is 0 Å². The van der Waals surface area contributed by atoms with Gasteiger partial charge in [-0.2, -0.15) is 4.57 Å². The maximum Gasteiger partial charge on any atom is 0.423 e. The number of nitrogens with zero attached hydrogens (tertiary/aromatic N) is 1. The number of benzene rings is 1. The molecule has 1 heterocycles. The summed E-state index contributed by atoms with van der Waals surface area (Å²) in [4.78, 5) is 37.9.